The van der Waals surface area contributed by atoms with E-state index in [2.05, 4.69) is 10.6 Å². The molecule has 1 aliphatic heterocycles. The highest BCUT2D eigenvalue weighted by molar-refractivity contribution is 7.99. The molecule has 1 aliphatic rings. The molecule has 1 aromatic rings. The van der Waals surface area contributed by atoms with Crippen molar-refractivity contribution in [2.75, 3.05) is 30.8 Å². The van der Waals surface area contributed by atoms with Gasteiger partial charge in [-0.25, -0.2) is 0 Å². The van der Waals surface area contributed by atoms with E-state index >= 15 is 0 Å². The lowest BCUT2D eigenvalue weighted by Gasteiger charge is -2.23. The molecule has 1 heterocycles. The van der Waals surface area contributed by atoms with Crippen LogP contribution in [0, 0.1) is 0 Å². The van der Waals surface area contributed by atoms with Gasteiger partial charge < -0.3 is 21.1 Å². The summed E-state index contributed by atoms with van der Waals surface area (Å²) in [6, 6.07) is 7.61. The van der Waals surface area contributed by atoms with Crippen LogP contribution >= 0.6 is 24.2 Å². The van der Waals surface area contributed by atoms with Crippen LogP contribution in [0.3, 0.4) is 0 Å². The number of carbonyl (C=O) groups is 2. The maximum atomic E-state index is 12.1. The maximum Gasteiger partial charge on any atom is 0.226 e. The Labute approximate surface area is 146 Å². The molecule has 0 saturated carbocycles. The van der Waals surface area contributed by atoms with E-state index in [1.807, 2.05) is 24.3 Å². The summed E-state index contributed by atoms with van der Waals surface area (Å²) in [7, 11) is 0. The Morgan fingerprint density at radius 2 is 2.17 bits per heavy atom. The van der Waals surface area contributed by atoms with Crippen molar-refractivity contribution in [2.24, 2.45) is 5.73 Å². The molecule has 0 aliphatic carbocycles. The number of hydrogen-bond acceptors (Lipinski definition) is 5. The molecule has 0 spiro atoms. The number of ether oxygens (including phenoxy) is 1. The summed E-state index contributed by atoms with van der Waals surface area (Å²) in [4.78, 5) is 23.9. The topological polar surface area (TPSA) is 93.5 Å². The van der Waals surface area contributed by atoms with E-state index in [-0.39, 0.29) is 30.3 Å². The molecule has 128 valence electrons. The lowest BCUT2D eigenvalue weighted by Crippen LogP contribution is -2.43. The second-order valence-corrected chi connectivity index (χ2v) is 6.18. The van der Waals surface area contributed by atoms with Crippen molar-refractivity contribution < 1.29 is 14.3 Å². The van der Waals surface area contributed by atoms with E-state index in [1.165, 1.54) is 11.8 Å². The molecule has 8 heteroatoms. The molecule has 1 fully saturated rings. The fourth-order valence-electron chi connectivity index (χ4n) is 2.13. The third-order valence-electron chi connectivity index (χ3n) is 3.20. The number of hydrogen-bond donors (Lipinski definition) is 3. The predicted molar refractivity (Wildman–Crippen MR) is 94.1 cm³/mol. The van der Waals surface area contributed by atoms with Gasteiger partial charge in [0.1, 0.15) is 0 Å². The lowest BCUT2D eigenvalue weighted by molar-refractivity contribution is -0.118. The van der Waals surface area contributed by atoms with Crippen LogP contribution in [-0.4, -0.2) is 43.4 Å². The van der Waals surface area contributed by atoms with E-state index in [0.717, 1.165) is 17.1 Å². The summed E-state index contributed by atoms with van der Waals surface area (Å²) in [5, 5.41) is 6.18. The first-order valence-corrected chi connectivity index (χ1v) is 8.25. The van der Waals surface area contributed by atoms with Crippen LogP contribution in [0.2, 0.25) is 0 Å². The highest BCUT2D eigenvalue weighted by Crippen LogP contribution is 2.27. The number of anilines is 1. The summed E-state index contributed by atoms with van der Waals surface area (Å²) in [6.45, 7) is 2.03. The summed E-state index contributed by atoms with van der Waals surface area (Å²) < 4.78 is 5.34. The smallest absolute Gasteiger partial charge is 0.226 e. The van der Waals surface area contributed by atoms with E-state index in [4.69, 9.17) is 10.5 Å². The highest BCUT2D eigenvalue weighted by atomic mass is 35.5. The van der Waals surface area contributed by atoms with Crippen LogP contribution in [0.4, 0.5) is 5.69 Å². The maximum absolute atomic E-state index is 12.1. The minimum Gasteiger partial charge on any atom is -0.378 e. The van der Waals surface area contributed by atoms with Crippen LogP contribution in [-0.2, 0) is 14.3 Å². The normalized spacial score (nSPS) is 17.1. The van der Waals surface area contributed by atoms with Gasteiger partial charge >= 0.3 is 0 Å². The molecule has 23 heavy (non-hydrogen) atoms. The standard InChI is InChI=1S/C15H21N3O3S.ClH/c16-14(19)5-8-22-13-4-2-1-3-12(13)18-15(20)9-11-10-21-7-6-17-11;/h1-4,11,17H,5-10H2,(H2,16,19)(H,18,20);1H. The molecule has 0 bridgehead atoms. The number of nitrogens with two attached hydrogens (primary N) is 1. The van der Waals surface area contributed by atoms with Crippen LogP contribution in [0.15, 0.2) is 29.2 Å². The fraction of sp³-hybridized carbons (Fsp3) is 0.467. The van der Waals surface area contributed by atoms with Gasteiger partial charge in [0.2, 0.25) is 11.8 Å². The monoisotopic (exact) mass is 359 g/mol. The van der Waals surface area contributed by atoms with Gasteiger partial charge in [0.05, 0.1) is 18.9 Å². The van der Waals surface area contributed by atoms with E-state index in [9.17, 15) is 9.59 Å². The Hall–Kier alpha value is -1.28. The third-order valence-corrected chi connectivity index (χ3v) is 4.27. The molecule has 1 aromatic carbocycles. The predicted octanol–water partition coefficient (Wildman–Crippen LogP) is 1.39. The largest absolute Gasteiger partial charge is 0.378 e. The van der Waals surface area contributed by atoms with E-state index < -0.39 is 0 Å². The summed E-state index contributed by atoms with van der Waals surface area (Å²) in [6.07, 6.45) is 0.691. The van der Waals surface area contributed by atoms with Crippen LogP contribution in [0.1, 0.15) is 12.8 Å². The molecular weight excluding hydrogens is 338 g/mol. The minimum absolute atomic E-state index is 0. The molecule has 4 N–H and O–H groups in total. The van der Waals surface area contributed by atoms with Crippen molar-refractivity contribution in [1.82, 2.24) is 5.32 Å². The molecule has 1 saturated heterocycles. The lowest BCUT2D eigenvalue weighted by atomic mass is 10.2. The Morgan fingerprint density at radius 1 is 1.39 bits per heavy atom. The highest BCUT2D eigenvalue weighted by Gasteiger charge is 2.17. The second-order valence-electron chi connectivity index (χ2n) is 5.04. The SMILES string of the molecule is Cl.NC(=O)CCSc1ccccc1NC(=O)CC1COCCN1. The van der Waals surface area contributed by atoms with Crippen molar-refractivity contribution >= 4 is 41.7 Å². The van der Waals surface area contributed by atoms with Crippen LogP contribution in [0.5, 0.6) is 0 Å². The van der Waals surface area contributed by atoms with E-state index in [0.29, 0.717) is 31.8 Å². The number of amides is 2. The van der Waals surface area contributed by atoms with Gasteiger partial charge in [0.15, 0.2) is 0 Å². The Morgan fingerprint density at radius 3 is 2.87 bits per heavy atom. The first kappa shape index (κ1) is 19.8. The zero-order chi connectivity index (χ0) is 15.8. The number of carbonyl (C=O) groups excluding carboxylic acids is 2. The number of thioether (sulfide) groups is 1. The molecule has 0 radical (unpaired) electrons. The molecule has 6 nitrogen and oxygen atoms in total. The number of halogens is 1. The Balaban J connectivity index is 0.00000264. The summed E-state index contributed by atoms with van der Waals surface area (Å²) in [5.74, 6) is 0.226. The number of morpholine rings is 1. The number of primary amides is 1. The summed E-state index contributed by atoms with van der Waals surface area (Å²) >= 11 is 1.51. The van der Waals surface area contributed by atoms with Gasteiger partial charge in [0.25, 0.3) is 0 Å². The molecule has 1 unspecified atom stereocenters. The van der Waals surface area contributed by atoms with Crippen molar-refractivity contribution in [2.45, 2.75) is 23.8 Å². The number of rotatable bonds is 7. The Kier molecular flexibility index (Phi) is 9.01. The molecular formula is C15H22ClN3O3S. The second kappa shape index (κ2) is 10.5. The number of nitrogens with one attached hydrogen (secondary N) is 2. The van der Waals surface area contributed by atoms with Gasteiger partial charge in [-0.05, 0) is 12.1 Å². The van der Waals surface area contributed by atoms with Crippen molar-refractivity contribution in [3.05, 3.63) is 24.3 Å². The van der Waals surface area contributed by atoms with Gasteiger partial charge in [-0.2, -0.15) is 0 Å². The first-order chi connectivity index (χ1) is 10.6. The van der Waals surface area contributed by atoms with Gasteiger partial charge in [-0.3, -0.25) is 9.59 Å². The van der Waals surface area contributed by atoms with E-state index in [1.54, 1.807) is 0 Å². The molecule has 2 amide bonds. The summed E-state index contributed by atoms with van der Waals surface area (Å²) in [5.41, 5.74) is 5.90. The van der Waals surface area contributed by atoms with Crippen molar-refractivity contribution in [3.63, 3.8) is 0 Å². The number of para-hydroxylation sites is 1. The van der Waals surface area contributed by atoms with Crippen molar-refractivity contribution in [1.29, 1.82) is 0 Å². The van der Waals surface area contributed by atoms with Crippen LogP contribution < -0.4 is 16.4 Å². The van der Waals surface area contributed by atoms with Crippen LogP contribution in [0.25, 0.3) is 0 Å². The van der Waals surface area contributed by atoms with Gasteiger partial charge in [0, 0.05) is 36.1 Å². The van der Waals surface area contributed by atoms with Crippen molar-refractivity contribution in [3.8, 4) is 0 Å². The Bertz CT molecular complexity index is 524. The average molecular weight is 360 g/mol. The number of benzene rings is 1. The van der Waals surface area contributed by atoms with Gasteiger partial charge in [-0.1, -0.05) is 12.1 Å². The zero-order valence-corrected chi connectivity index (χ0v) is 14.4. The zero-order valence-electron chi connectivity index (χ0n) is 12.7. The fourth-order valence-corrected chi connectivity index (χ4v) is 3.11. The first-order valence-electron chi connectivity index (χ1n) is 7.26. The van der Waals surface area contributed by atoms with Gasteiger partial charge in [-0.15, -0.1) is 24.2 Å². The molecule has 1 atom stereocenters. The quantitative estimate of drug-likeness (QED) is 0.640. The average Bonchev–Trinajstić information content (AvgIpc) is 2.49. The third kappa shape index (κ3) is 7.22. The molecule has 0 aromatic heterocycles. The molecule has 2 rings (SSSR count). The minimum atomic E-state index is -0.322.